The highest BCUT2D eigenvalue weighted by Gasteiger charge is 2.31. The number of nitrogens with zero attached hydrogens (tertiary/aromatic N) is 9. The number of rotatable bonds is 17. The van der Waals surface area contributed by atoms with E-state index in [1.165, 1.54) is 88.2 Å². The number of quaternary nitrogens is 1. The van der Waals surface area contributed by atoms with E-state index in [1.54, 1.807) is 78.1 Å². The molecule has 19 rings (SSSR count). The van der Waals surface area contributed by atoms with Gasteiger partial charge in [0, 0.05) is 118 Å². The van der Waals surface area contributed by atoms with E-state index in [1.807, 2.05) is 150 Å². The number of nitrogen functional groups attached to an aromatic ring is 1. The van der Waals surface area contributed by atoms with Crippen molar-refractivity contribution in [2.75, 3.05) is 25.6 Å². The average molecular weight is 2490 g/mol. The molecule has 7 aromatic heterocycles. The number of aryl methyl sites for hydroxylation is 2. The van der Waals surface area contributed by atoms with E-state index in [-0.39, 0.29) is 18.4 Å². The number of halogens is 8. The lowest BCUT2D eigenvalue weighted by Gasteiger charge is -2.19. The van der Waals surface area contributed by atoms with Gasteiger partial charge in [0.1, 0.15) is 18.6 Å². The quantitative estimate of drug-likeness (QED) is 0.0102. The van der Waals surface area contributed by atoms with Crippen LogP contribution in [0.4, 0.5) is 21.0 Å². The maximum atomic E-state index is 12.4. The van der Waals surface area contributed by atoms with Crippen LogP contribution in [0.3, 0.4) is 0 Å². The van der Waals surface area contributed by atoms with Crippen LogP contribution in [-0.4, -0.2) is 148 Å². The monoisotopic (exact) mass is 2480 g/mol. The molecule has 3 saturated carbocycles. The summed E-state index contributed by atoms with van der Waals surface area (Å²) in [7, 11) is 0. The van der Waals surface area contributed by atoms with E-state index in [4.69, 9.17) is 39.7 Å². The summed E-state index contributed by atoms with van der Waals surface area (Å²) in [5.74, 6) is 0.274. The van der Waals surface area contributed by atoms with Crippen molar-refractivity contribution in [1.29, 1.82) is 0 Å². The molecule has 3 aliphatic rings. The van der Waals surface area contributed by atoms with Gasteiger partial charge in [-0.05, 0) is 329 Å². The van der Waals surface area contributed by atoms with Gasteiger partial charge in [-0.15, -0.1) is 0 Å². The summed E-state index contributed by atoms with van der Waals surface area (Å²) in [5, 5.41) is 78.8. The highest BCUT2D eigenvalue weighted by Crippen LogP contribution is 2.46. The van der Waals surface area contributed by atoms with Crippen molar-refractivity contribution in [2.24, 2.45) is 0 Å². The molecule has 16 aromatic rings. The van der Waals surface area contributed by atoms with Gasteiger partial charge in [-0.25, -0.2) is 24.4 Å². The van der Waals surface area contributed by atoms with Gasteiger partial charge in [-0.2, -0.15) is 50.3 Å². The molecular formula is C100H104Br6I2N16O14. The molecule has 0 bridgehead atoms. The molecule has 724 valence electrons. The molecule has 38 heteroatoms. The molecule has 3 aliphatic carbocycles. The fourth-order valence-corrected chi connectivity index (χ4v) is 19.2. The second-order valence-corrected chi connectivity index (χ2v) is 40.8. The number of carboxylic acids is 1. The van der Waals surface area contributed by atoms with Gasteiger partial charge in [0.05, 0.1) is 88.9 Å². The van der Waals surface area contributed by atoms with Crippen LogP contribution in [-0.2, 0) is 55.7 Å². The number of aromatic nitrogens is 14. The summed E-state index contributed by atoms with van der Waals surface area (Å²) in [4.78, 5) is 69.4. The van der Waals surface area contributed by atoms with Crippen molar-refractivity contribution in [2.45, 2.75) is 169 Å². The van der Waals surface area contributed by atoms with E-state index < -0.39 is 40.6 Å². The molecule has 7 heterocycles. The predicted octanol–water partition coefficient (Wildman–Crippen LogP) is 25.5. The van der Waals surface area contributed by atoms with Gasteiger partial charge in [0.2, 0.25) is 0 Å². The second kappa shape index (κ2) is 50.6. The molecular weight excluding hydrogens is 2380 g/mol. The normalized spacial score (nSPS) is 12.9. The molecule has 1 unspecified atom stereocenters. The molecule has 0 spiro atoms. The lowest BCUT2D eigenvalue weighted by molar-refractivity contribution is -0.991. The van der Waals surface area contributed by atoms with Crippen LogP contribution in [0.25, 0.3) is 88.5 Å². The Morgan fingerprint density at radius 3 is 1.41 bits per heavy atom. The van der Waals surface area contributed by atoms with E-state index in [9.17, 15) is 34.0 Å². The lowest BCUT2D eigenvalue weighted by Crippen LogP contribution is -2.99. The van der Waals surface area contributed by atoms with Crippen LogP contribution < -0.4 is 11.0 Å². The second-order valence-electron chi connectivity index (χ2n) is 33.6. The van der Waals surface area contributed by atoms with Crippen LogP contribution >= 0.6 is 141 Å². The predicted molar refractivity (Wildman–Crippen MR) is 576 cm³/mol. The van der Waals surface area contributed by atoms with Crippen molar-refractivity contribution >= 4 is 277 Å². The number of nitrogens with one attached hydrogen (secondary N) is 6. The molecule has 0 radical (unpaired) electrons. The smallest absolute Gasteiger partial charge is 0.435 e. The van der Waals surface area contributed by atoms with E-state index in [0.717, 1.165) is 128 Å². The minimum Gasteiger partial charge on any atom is -0.595 e. The molecule has 0 aliphatic heterocycles. The van der Waals surface area contributed by atoms with Crippen molar-refractivity contribution in [1.82, 2.24) is 70.5 Å². The molecule has 0 saturated heterocycles. The Morgan fingerprint density at radius 2 is 0.913 bits per heavy atom. The number of aromatic amines is 5. The van der Waals surface area contributed by atoms with Crippen LogP contribution in [0.2, 0.25) is 0 Å². The van der Waals surface area contributed by atoms with Crippen LogP contribution in [0, 0.1) is 26.5 Å². The van der Waals surface area contributed by atoms with Crippen LogP contribution in [0.15, 0.2) is 209 Å². The lowest BCUT2D eigenvalue weighted by atomic mass is 10.0. The van der Waals surface area contributed by atoms with E-state index in [0.29, 0.717) is 79.1 Å². The number of anilines is 1. The number of benzene rings is 9. The summed E-state index contributed by atoms with van der Waals surface area (Å²) < 4.78 is 35.5. The minimum atomic E-state index is -0.885. The van der Waals surface area contributed by atoms with Gasteiger partial charge in [0.15, 0.2) is 5.69 Å². The third kappa shape index (κ3) is 30.3. The molecule has 30 nitrogen and oxygen atoms in total. The summed E-state index contributed by atoms with van der Waals surface area (Å²) >= 11 is 24.7. The number of fused-ring (bicyclic) bond motifs is 7. The first-order valence-corrected chi connectivity index (χ1v) is 51.1. The number of carbonyl (C=O) groups excluding carboxylic acids is 5. The SMILES string of the molecule is Brc1cccc2[nH]ncc12.Brc1cccc2n[nH]c(I)c12.CC(C)(C)OC(=O)n1nc(I)c2c(Br)cccc21.CCOC(=O)/C=C/c1n[nH]c2cccc(C3CC3)c12.CCOC(=O)/C=C/c1nn(C(=O)OC(C)(C)C)c2cccc(Br)c12.CCOC(=O)CCc1[nH]nc2cccc(C3CC3)c12.Cc1c(Br)cccc1[NH+]([O-])O.Cc1c(N)cccc1Br.O=C(O)CCc1[nH]nc2cccc(C3CC3)c12. The fourth-order valence-electron chi connectivity index (χ4n) is 14.1. The van der Waals surface area contributed by atoms with Crippen LogP contribution in [0.5, 0.6) is 0 Å². The van der Waals surface area contributed by atoms with Gasteiger partial charge in [0.25, 0.3) is 0 Å². The topological polar surface area (TPSA) is 422 Å². The zero-order chi connectivity index (χ0) is 99.8. The summed E-state index contributed by atoms with van der Waals surface area (Å²) in [6, 6.07) is 52.5. The average Bonchev–Trinajstić information content (AvgIpc) is 1.62. The summed E-state index contributed by atoms with van der Waals surface area (Å²) in [6.07, 6.45) is 16.0. The Hall–Kier alpha value is -10.4. The first kappa shape index (κ1) is 108. The van der Waals surface area contributed by atoms with Crippen molar-refractivity contribution < 1.29 is 68.0 Å². The third-order valence-corrected chi connectivity index (χ3v) is 27.0. The highest BCUT2D eigenvalue weighted by atomic mass is 127. The molecule has 9 aromatic carbocycles. The standard InChI is InChI=1S/C17H19BrN2O4.C15H18N2O2.C15H16N2O2.C13H14N2O2.C12H12BrIN2O2.C7H4BrIN2.C7H5BrN2.C7H8BrNO2.C7H8BrN/c1-5-23-14(21)10-9-12-15-11(18)7-6-8-13(15)20(19-12)16(22)24-17(2,3)4;2*1-2-19-14(18)9-8-13-15-11(10-6-7-10)4-3-5-12(15)16-17-13;16-12(17)7-6-11-13-9(8-4-5-8)2-1-3-10(13)14-15-11;1-12(2,3)18-11(17)16-8-6-4-5-7(13)9(8)10(14)15-16;8-4-2-1-3-5-6(4)7(9)11-10-5;8-6-2-1-3-7-5(6)4-9-10-7;1-5-6(8)3-2-4-7(5)9(10)11;1-5-6(8)3-2-4-7(5)9/h6-10H,5H2,1-4H3;3-5,10H,2,6-9H2,1H3,(H,16,17);3-5,8-10H,2,6-7H2,1H3,(H,16,17);1-3,8H,4-7H2,(H,14,15)(H,16,17);4-6H,1-3H3;1-3H,(H,10,11);1-4H,(H,9,10);2-4,9-10H,1H3;2-4H,9H2,1H3/b10-9+;;9-8+;;;;;;. The number of H-pyrrole nitrogens is 5. The first-order valence-electron chi connectivity index (χ1n) is 44.1. The number of esters is 3. The fraction of sp³-hybridized carbons (Fsp3) is 0.290. The number of aliphatic carboxylic acids is 1. The largest absolute Gasteiger partial charge is 0.595 e. The summed E-state index contributed by atoms with van der Waals surface area (Å²) in [6.45, 7) is 21.1. The summed E-state index contributed by atoms with van der Waals surface area (Å²) in [5.41, 5.74) is 21.2. The Bertz CT molecular complexity index is 7020. The number of carboxylic acid groups (broad SMARTS) is 1. The van der Waals surface area contributed by atoms with E-state index in [2.05, 4.69) is 226 Å². The Balaban J connectivity index is 0.000000151. The molecule has 10 N–H and O–H groups in total. The Kier molecular flexibility index (Phi) is 39.6. The van der Waals surface area contributed by atoms with Gasteiger partial charge in [-0.3, -0.25) is 35.1 Å². The molecule has 1 atom stereocenters. The van der Waals surface area contributed by atoms with Crippen molar-refractivity contribution in [3.05, 3.63) is 272 Å². The molecule has 138 heavy (non-hydrogen) atoms. The maximum absolute atomic E-state index is 12.4. The zero-order valence-electron chi connectivity index (χ0n) is 77.3. The zero-order valence-corrected chi connectivity index (χ0v) is 91.2. The minimum absolute atomic E-state index is 0.144. The van der Waals surface area contributed by atoms with Gasteiger partial charge >= 0.3 is 36.1 Å². The van der Waals surface area contributed by atoms with Crippen molar-refractivity contribution in [3.8, 4) is 0 Å². The van der Waals surface area contributed by atoms with Crippen LogP contribution in [0.1, 0.15) is 182 Å². The first-order chi connectivity index (χ1) is 65.9. The molecule has 0 amide bonds. The molecule has 3 fully saturated rings. The number of hydrogen-bond acceptors (Lipinski definition) is 21. The number of ether oxygens (including phenoxy) is 5. The van der Waals surface area contributed by atoms with Crippen molar-refractivity contribution in [3.63, 3.8) is 0 Å². The Morgan fingerprint density at radius 1 is 0.486 bits per heavy atom. The number of hydrogen-bond donors (Lipinski definition) is 9. The third-order valence-electron chi connectivity index (χ3n) is 21.0. The maximum Gasteiger partial charge on any atom is 0.435 e. The van der Waals surface area contributed by atoms with Gasteiger partial charge < -0.3 is 39.7 Å². The van der Waals surface area contributed by atoms with E-state index >= 15 is 0 Å². The Labute approximate surface area is 873 Å². The number of carbonyl (C=O) groups is 6. The van der Waals surface area contributed by atoms with Gasteiger partial charge in [-0.1, -0.05) is 137 Å². The number of nitrogens with two attached hydrogens (primary N) is 1. The highest BCUT2D eigenvalue weighted by molar-refractivity contribution is 14.1.